The van der Waals surface area contributed by atoms with Crippen molar-refractivity contribution in [2.24, 2.45) is 11.3 Å². The van der Waals surface area contributed by atoms with E-state index in [1.807, 2.05) is 0 Å². The van der Waals surface area contributed by atoms with Crippen LogP contribution in [0.2, 0.25) is 0 Å². The van der Waals surface area contributed by atoms with Gasteiger partial charge in [-0.1, -0.05) is 32.1 Å². The van der Waals surface area contributed by atoms with Gasteiger partial charge in [0.15, 0.2) is 0 Å². The van der Waals surface area contributed by atoms with Gasteiger partial charge in [-0.2, -0.15) is 12.6 Å². The van der Waals surface area contributed by atoms with Crippen molar-refractivity contribution in [3.63, 3.8) is 0 Å². The van der Waals surface area contributed by atoms with E-state index in [1.165, 1.54) is 83.7 Å². The van der Waals surface area contributed by atoms with E-state index in [2.05, 4.69) is 4.90 Å². The Bertz CT molecular complexity index is 283. The first kappa shape index (κ1) is 14.3. The van der Waals surface area contributed by atoms with E-state index in [0.717, 1.165) is 17.7 Å². The second kappa shape index (κ2) is 6.39. The minimum atomic E-state index is 0.556. The second-order valence-corrected chi connectivity index (χ2v) is 7.76. The fourth-order valence-electron chi connectivity index (χ4n) is 5.02. The van der Waals surface area contributed by atoms with Crippen LogP contribution in [-0.2, 0) is 0 Å². The summed E-state index contributed by atoms with van der Waals surface area (Å²) >= 11 is 4.74. The Kier molecular flexibility index (Phi) is 4.79. The zero-order valence-electron chi connectivity index (χ0n) is 12.4. The molecule has 19 heavy (non-hydrogen) atoms. The van der Waals surface area contributed by atoms with Crippen LogP contribution in [0.5, 0.6) is 0 Å². The van der Waals surface area contributed by atoms with Gasteiger partial charge in [-0.3, -0.25) is 4.90 Å². The molecular formula is C17H31NS. The highest BCUT2D eigenvalue weighted by molar-refractivity contribution is 7.80. The molecule has 2 aliphatic carbocycles. The maximum absolute atomic E-state index is 4.74. The summed E-state index contributed by atoms with van der Waals surface area (Å²) in [4.78, 5) is 2.90. The molecule has 0 N–H and O–H groups in total. The average molecular weight is 282 g/mol. The minimum Gasteiger partial charge on any atom is -0.300 e. The summed E-state index contributed by atoms with van der Waals surface area (Å²) in [5.41, 5.74) is 0.556. The third kappa shape index (κ3) is 3.15. The summed E-state index contributed by atoms with van der Waals surface area (Å²) in [5, 5.41) is 0. The van der Waals surface area contributed by atoms with Crippen molar-refractivity contribution in [3.8, 4) is 0 Å². The predicted octanol–water partition coefficient (Wildman–Crippen LogP) is 4.52. The molecule has 0 spiro atoms. The number of piperidine rings is 1. The van der Waals surface area contributed by atoms with Gasteiger partial charge in [-0.05, 0) is 62.2 Å². The molecule has 2 atom stereocenters. The third-order valence-electron chi connectivity index (χ3n) is 6.15. The Hall–Kier alpha value is 0.310. The smallest absolute Gasteiger partial charge is 0.0124 e. The van der Waals surface area contributed by atoms with Gasteiger partial charge in [0, 0.05) is 12.6 Å². The Morgan fingerprint density at radius 3 is 2.42 bits per heavy atom. The molecule has 110 valence electrons. The first-order valence-corrected chi connectivity index (χ1v) is 9.31. The van der Waals surface area contributed by atoms with Gasteiger partial charge in [-0.25, -0.2) is 0 Å². The van der Waals surface area contributed by atoms with E-state index in [1.54, 1.807) is 0 Å². The van der Waals surface area contributed by atoms with Crippen molar-refractivity contribution >= 4 is 12.6 Å². The summed E-state index contributed by atoms with van der Waals surface area (Å²) in [5.74, 6) is 2.14. The first-order valence-electron chi connectivity index (χ1n) is 8.68. The number of hydrogen-bond donors (Lipinski definition) is 1. The van der Waals surface area contributed by atoms with Gasteiger partial charge in [0.25, 0.3) is 0 Å². The molecule has 0 aromatic heterocycles. The summed E-state index contributed by atoms with van der Waals surface area (Å²) in [7, 11) is 0. The quantitative estimate of drug-likeness (QED) is 0.744. The van der Waals surface area contributed by atoms with Gasteiger partial charge in [0.05, 0.1) is 0 Å². The fourth-order valence-corrected chi connectivity index (χ4v) is 5.44. The summed E-state index contributed by atoms with van der Waals surface area (Å²) < 4.78 is 0. The number of fused-ring (bicyclic) bond motifs is 1. The summed E-state index contributed by atoms with van der Waals surface area (Å²) in [6.45, 7) is 2.73. The van der Waals surface area contributed by atoms with Crippen molar-refractivity contribution in [1.29, 1.82) is 0 Å². The lowest BCUT2D eigenvalue weighted by Crippen LogP contribution is -2.51. The molecular weight excluding hydrogens is 250 g/mol. The Balaban J connectivity index is 1.66. The van der Waals surface area contributed by atoms with Crippen molar-refractivity contribution in [3.05, 3.63) is 0 Å². The third-order valence-corrected chi connectivity index (χ3v) is 6.82. The molecule has 2 heteroatoms. The fraction of sp³-hybridized carbons (Fsp3) is 1.00. The minimum absolute atomic E-state index is 0.556. The number of likely N-dealkylation sites (tertiary alicyclic amines) is 1. The maximum Gasteiger partial charge on any atom is 0.0124 e. The van der Waals surface area contributed by atoms with E-state index in [9.17, 15) is 0 Å². The van der Waals surface area contributed by atoms with E-state index >= 15 is 0 Å². The van der Waals surface area contributed by atoms with E-state index < -0.39 is 0 Å². The van der Waals surface area contributed by atoms with Crippen LogP contribution < -0.4 is 0 Å². The normalized spacial score (nSPS) is 35.8. The molecule has 2 saturated carbocycles. The van der Waals surface area contributed by atoms with Crippen LogP contribution in [-0.4, -0.2) is 29.8 Å². The van der Waals surface area contributed by atoms with Crippen molar-refractivity contribution in [2.75, 3.05) is 18.8 Å². The van der Waals surface area contributed by atoms with Crippen molar-refractivity contribution in [2.45, 2.75) is 76.7 Å². The Morgan fingerprint density at radius 2 is 1.63 bits per heavy atom. The van der Waals surface area contributed by atoms with E-state index in [0.29, 0.717) is 5.41 Å². The molecule has 0 amide bonds. The SMILES string of the molecule is SCC1(CN2CCCC3CCCCC32)CCCCC1. The van der Waals surface area contributed by atoms with Crippen molar-refractivity contribution in [1.82, 2.24) is 4.90 Å². The summed E-state index contributed by atoms with van der Waals surface area (Å²) in [6.07, 6.45) is 16.1. The zero-order chi connectivity index (χ0) is 13.1. The highest BCUT2D eigenvalue weighted by Crippen LogP contribution is 2.42. The Labute approximate surface area is 124 Å². The molecule has 0 aromatic rings. The molecule has 1 aliphatic heterocycles. The molecule has 0 bridgehead atoms. The number of thiol groups is 1. The lowest BCUT2D eigenvalue weighted by molar-refractivity contribution is 0.0186. The van der Waals surface area contributed by atoms with Crippen LogP contribution in [0.3, 0.4) is 0 Å². The van der Waals surface area contributed by atoms with Crippen LogP contribution in [0, 0.1) is 11.3 Å². The topological polar surface area (TPSA) is 3.24 Å². The predicted molar refractivity (Wildman–Crippen MR) is 85.9 cm³/mol. The highest BCUT2D eigenvalue weighted by Gasteiger charge is 2.38. The second-order valence-electron chi connectivity index (χ2n) is 7.44. The van der Waals surface area contributed by atoms with Crippen LogP contribution in [0.25, 0.3) is 0 Å². The van der Waals surface area contributed by atoms with E-state index in [-0.39, 0.29) is 0 Å². The number of nitrogens with zero attached hydrogens (tertiary/aromatic N) is 1. The van der Waals surface area contributed by atoms with Gasteiger partial charge in [0.1, 0.15) is 0 Å². The molecule has 0 radical (unpaired) electrons. The molecule has 3 rings (SSSR count). The molecule has 1 nitrogen and oxygen atoms in total. The molecule has 3 aliphatic rings. The summed E-state index contributed by atoms with van der Waals surface area (Å²) in [6, 6.07) is 0.932. The van der Waals surface area contributed by atoms with Gasteiger partial charge in [-0.15, -0.1) is 0 Å². The molecule has 3 fully saturated rings. The Morgan fingerprint density at radius 1 is 0.895 bits per heavy atom. The first-order chi connectivity index (χ1) is 9.33. The molecule has 2 unspecified atom stereocenters. The molecule has 0 aromatic carbocycles. The standard InChI is InChI=1S/C17H31NS/c19-14-17(10-4-1-5-11-17)13-18-12-6-8-15-7-2-3-9-16(15)18/h15-16,19H,1-14H2. The van der Waals surface area contributed by atoms with Crippen LogP contribution in [0.4, 0.5) is 0 Å². The van der Waals surface area contributed by atoms with Gasteiger partial charge >= 0.3 is 0 Å². The van der Waals surface area contributed by atoms with Crippen LogP contribution >= 0.6 is 12.6 Å². The van der Waals surface area contributed by atoms with Gasteiger partial charge < -0.3 is 0 Å². The maximum atomic E-state index is 4.74. The van der Waals surface area contributed by atoms with E-state index in [4.69, 9.17) is 12.6 Å². The van der Waals surface area contributed by atoms with Crippen molar-refractivity contribution < 1.29 is 0 Å². The monoisotopic (exact) mass is 281 g/mol. The molecule has 1 saturated heterocycles. The van der Waals surface area contributed by atoms with Crippen LogP contribution in [0.15, 0.2) is 0 Å². The average Bonchev–Trinajstić information content (AvgIpc) is 2.49. The molecule has 1 heterocycles. The number of hydrogen-bond acceptors (Lipinski definition) is 2. The largest absolute Gasteiger partial charge is 0.300 e. The lowest BCUT2D eigenvalue weighted by Gasteiger charge is -2.49. The highest BCUT2D eigenvalue weighted by atomic mass is 32.1. The van der Waals surface area contributed by atoms with Crippen LogP contribution in [0.1, 0.15) is 70.6 Å². The van der Waals surface area contributed by atoms with Gasteiger partial charge in [0.2, 0.25) is 0 Å². The lowest BCUT2D eigenvalue weighted by atomic mass is 9.72. The number of rotatable bonds is 3. The zero-order valence-corrected chi connectivity index (χ0v) is 13.3.